The van der Waals surface area contributed by atoms with Gasteiger partial charge in [0.05, 0.1) is 16.5 Å². The highest BCUT2D eigenvalue weighted by Crippen LogP contribution is 2.46. The van der Waals surface area contributed by atoms with Gasteiger partial charge in [0.15, 0.2) is 5.82 Å². The van der Waals surface area contributed by atoms with Crippen LogP contribution in [-0.4, -0.2) is 39.0 Å². The van der Waals surface area contributed by atoms with Crippen molar-refractivity contribution in [3.63, 3.8) is 0 Å². The molecule has 8 heteroatoms. The van der Waals surface area contributed by atoms with E-state index < -0.39 is 11.2 Å². The number of hydrogen-bond donors (Lipinski definition) is 0. The SMILES string of the molecule is O=C(c1cc(Cl)ccc1F)N1CCCC(CC2CC2)(c2noc(-c3cccnc3)n2)C1. The molecule has 1 saturated heterocycles. The average Bonchev–Trinajstić information content (AvgIpc) is 3.45. The van der Waals surface area contributed by atoms with Crippen molar-refractivity contribution in [3.8, 4) is 11.5 Å². The van der Waals surface area contributed by atoms with Crippen molar-refractivity contribution in [2.24, 2.45) is 5.92 Å². The standard InChI is InChI=1S/C23H22ClFN4O2/c24-17-6-7-19(25)18(11-17)21(30)29-10-2-8-23(14-29,12-15-4-5-15)22-27-20(31-28-22)16-3-1-9-26-13-16/h1,3,6-7,9,11,13,15H,2,4-5,8,10,12,14H2. The third-order valence-corrected chi connectivity index (χ3v) is 6.44. The summed E-state index contributed by atoms with van der Waals surface area (Å²) >= 11 is 6.01. The molecular weight excluding hydrogens is 419 g/mol. The Morgan fingerprint density at radius 3 is 2.97 bits per heavy atom. The number of benzene rings is 1. The third-order valence-electron chi connectivity index (χ3n) is 6.21. The second-order valence-corrected chi connectivity index (χ2v) is 8.98. The van der Waals surface area contributed by atoms with E-state index in [0.29, 0.717) is 35.7 Å². The minimum atomic E-state index is -0.564. The maximum Gasteiger partial charge on any atom is 0.259 e. The number of likely N-dealkylation sites (tertiary alicyclic amines) is 1. The second kappa shape index (κ2) is 8.04. The Morgan fingerprint density at radius 1 is 1.32 bits per heavy atom. The molecule has 0 radical (unpaired) electrons. The highest BCUT2D eigenvalue weighted by Gasteiger charge is 2.46. The first-order valence-corrected chi connectivity index (χ1v) is 10.9. The number of carbonyl (C=O) groups is 1. The van der Waals surface area contributed by atoms with E-state index in [4.69, 9.17) is 21.1 Å². The molecular formula is C23H22ClFN4O2. The number of rotatable bonds is 5. The number of halogens is 2. The molecule has 5 rings (SSSR count). The van der Waals surface area contributed by atoms with E-state index in [1.165, 1.54) is 31.0 Å². The normalized spacial score (nSPS) is 21.3. The third kappa shape index (κ3) is 4.06. The van der Waals surface area contributed by atoms with Gasteiger partial charge in [0.1, 0.15) is 5.82 Å². The van der Waals surface area contributed by atoms with Gasteiger partial charge in [0, 0.05) is 30.5 Å². The zero-order valence-corrected chi connectivity index (χ0v) is 17.7. The first kappa shape index (κ1) is 20.1. The molecule has 3 aromatic rings. The number of hydrogen-bond acceptors (Lipinski definition) is 5. The molecule has 31 heavy (non-hydrogen) atoms. The Balaban J connectivity index is 1.46. The first-order valence-electron chi connectivity index (χ1n) is 10.5. The van der Waals surface area contributed by atoms with Crippen LogP contribution in [0.25, 0.3) is 11.5 Å². The van der Waals surface area contributed by atoms with E-state index in [1.807, 2.05) is 12.1 Å². The van der Waals surface area contributed by atoms with Gasteiger partial charge in [-0.3, -0.25) is 9.78 Å². The number of carbonyl (C=O) groups excluding carboxylic acids is 1. The van der Waals surface area contributed by atoms with Crippen LogP contribution < -0.4 is 0 Å². The van der Waals surface area contributed by atoms with Crippen LogP contribution in [0.2, 0.25) is 5.02 Å². The van der Waals surface area contributed by atoms with E-state index in [0.717, 1.165) is 24.8 Å². The summed E-state index contributed by atoms with van der Waals surface area (Å²) in [4.78, 5) is 23.7. The van der Waals surface area contributed by atoms with Crippen LogP contribution in [0, 0.1) is 11.7 Å². The fourth-order valence-electron chi connectivity index (χ4n) is 4.50. The topological polar surface area (TPSA) is 72.1 Å². The van der Waals surface area contributed by atoms with Crippen molar-refractivity contribution >= 4 is 17.5 Å². The zero-order valence-electron chi connectivity index (χ0n) is 16.9. The smallest absolute Gasteiger partial charge is 0.259 e. The maximum absolute atomic E-state index is 14.3. The minimum absolute atomic E-state index is 0.00103. The summed E-state index contributed by atoms with van der Waals surface area (Å²) in [5.74, 6) is 0.713. The van der Waals surface area contributed by atoms with E-state index in [1.54, 1.807) is 17.3 Å². The number of amides is 1. The average molecular weight is 441 g/mol. The van der Waals surface area contributed by atoms with Crippen LogP contribution in [0.4, 0.5) is 4.39 Å². The van der Waals surface area contributed by atoms with Crippen molar-refractivity contribution in [1.29, 1.82) is 0 Å². The second-order valence-electron chi connectivity index (χ2n) is 8.55. The Labute approximate surface area is 184 Å². The molecule has 0 N–H and O–H groups in total. The summed E-state index contributed by atoms with van der Waals surface area (Å²) in [6.07, 6.45) is 8.26. The molecule has 6 nitrogen and oxygen atoms in total. The van der Waals surface area contributed by atoms with Crippen molar-refractivity contribution < 1.29 is 13.7 Å². The van der Waals surface area contributed by atoms with Crippen molar-refractivity contribution in [3.05, 3.63) is 65.0 Å². The van der Waals surface area contributed by atoms with Gasteiger partial charge in [-0.25, -0.2) is 4.39 Å². The van der Waals surface area contributed by atoms with E-state index >= 15 is 0 Å². The lowest BCUT2D eigenvalue weighted by Crippen LogP contribution is -2.49. The van der Waals surface area contributed by atoms with E-state index in [9.17, 15) is 9.18 Å². The Bertz CT molecular complexity index is 1100. The number of nitrogens with zero attached hydrogens (tertiary/aromatic N) is 4. The quantitative estimate of drug-likeness (QED) is 0.564. The molecule has 1 unspecified atom stereocenters. The van der Waals surface area contributed by atoms with E-state index in [2.05, 4.69) is 10.1 Å². The largest absolute Gasteiger partial charge is 0.338 e. The van der Waals surface area contributed by atoms with Crippen LogP contribution in [0.1, 0.15) is 48.3 Å². The van der Waals surface area contributed by atoms with Crippen LogP contribution in [0.5, 0.6) is 0 Å². The molecule has 1 saturated carbocycles. The first-order chi connectivity index (χ1) is 15.0. The van der Waals surface area contributed by atoms with Crippen LogP contribution in [-0.2, 0) is 5.41 Å². The minimum Gasteiger partial charge on any atom is -0.338 e. The fourth-order valence-corrected chi connectivity index (χ4v) is 4.67. The highest BCUT2D eigenvalue weighted by atomic mass is 35.5. The molecule has 0 spiro atoms. The number of piperidine rings is 1. The van der Waals surface area contributed by atoms with Crippen molar-refractivity contribution in [1.82, 2.24) is 20.0 Å². The van der Waals surface area contributed by atoms with Gasteiger partial charge in [0.25, 0.3) is 11.8 Å². The molecule has 1 aromatic carbocycles. The zero-order chi connectivity index (χ0) is 21.4. The summed E-state index contributed by atoms with van der Waals surface area (Å²) in [5, 5.41) is 4.66. The molecule has 2 aromatic heterocycles. The van der Waals surface area contributed by atoms with Gasteiger partial charge >= 0.3 is 0 Å². The van der Waals surface area contributed by atoms with Gasteiger partial charge in [-0.2, -0.15) is 4.98 Å². The molecule has 160 valence electrons. The lowest BCUT2D eigenvalue weighted by molar-refractivity contribution is 0.0602. The van der Waals surface area contributed by atoms with Crippen LogP contribution in [0.15, 0.2) is 47.2 Å². The summed E-state index contributed by atoms with van der Waals surface area (Å²) in [6, 6.07) is 7.76. The molecule has 3 heterocycles. The maximum atomic E-state index is 14.3. The lowest BCUT2D eigenvalue weighted by Gasteiger charge is -2.41. The summed E-state index contributed by atoms with van der Waals surface area (Å²) in [6.45, 7) is 0.991. The highest BCUT2D eigenvalue weighted by molar-refractivity contribution is 6.31. The molecule has 2 aliphatic rings. The Kier molecular flexibility index (Phi) is 5.22. The lowest BCUT2D eigenvalue weighted by atomic mass is 9.74. The van der Waals surface area contributed by atoms with Gasteiger partial charge in [-0.05, 0) is 55.5 Å². The van der Waals surface area contributed by atoms with Gasteiger partial charge in [-0.15, -0.1) is 0 Å². The van der Waals surface area contributed by atoms with Gasteiger partial charge in [0.2, 0.25) is 0 Å². The number of aromatic nitrogens is 3. The molecule has 1 amide bonds. The van der Waals surface area contributed by atoms with Gasteiger partial charge in [-0.1, -0.05) is 29.6 Å². The summed E-state index contributed by atoms with van der Waals surface area (Å²) < 4.78 is 19.9. The van der Waals surface area contributed by atoms with E-state index in [-0.39, 0.29) is 11.5 Å². The molecule has 1 aliphatic carbocycles. The molecule has 0 bridgehead atoms. The Hall–Kier alpha value is -2.80. The van der Waals surface area contributed by atoms with Crippen LogP contribution >= 0.6 is 11.6 Å². The summed E-state index contributed by atoms with van der Waals surface area (Å²) in [5.41, 5.74) is 0.347. The molecule has 1 aliphatic heterocycles. The molecule has 2 fully saturated rings. The monoisotopic (exact) mass is 440 g/mol. The van der Waals surface area contributed by atoms with Crippen molar-refractivity contribution in [2.75, 3.05) is 13.1 Å². The predicted octanol–water partition coefficient (Wildman–Crippen LogP) is 4.90. The summed E-state index contributed by atoms with van der Waals surface area (Å²) in [7, 11) is 0. The number of pyridine rings is 1. The molecule has 1 atom stereocenters. The van der Waals surface area contributed by atoms with Gasteiger partial charge < -0.3 is 9.42 Å². The predicted molar refractivity (Wildman–Crippen MR) is 113 cm³/mol. The fraction of sp³-hybridized carbons (Fsp3) is 0.391. The van der Waals surface area contributed by atoms with Crippen LogP contribution in [0.3, 0.4) is 0 Å². The Morgan fingerprint density at radius 2 is 2.19 bits per heavy atom. The van der Waals surface area contributed by atoms with Crippen molar-refractivity contribution in [2.45, 2.75) is 37.5 Å².